The highest BCUT2D eigenvalue weighted by Gasteiger charge is 2.30. The van der Waals surface area contributed by atoms with E-state index >= 15 is 0 Å². The molecule has 1 aromatic heterocycles. The fourth-order valence-corrected chi connectivity index (χ4v) is 5.99. The van der Waals surface area contributed by atoms with Crippen molar-refractivity contribution in [2.75, 3.05) is 52.6 Å². The lowest BCUT2D eigenvalue weighted by Crippen LogP contribution is -2.38. The van der Waals surface area contributed by atoms with E-state index in [1.165, 1.54) is 14.2 Å². The van der Waals surface area contributed by atoms with Crippen molar-refractivity contribution in [1.29, 1.82) is 0 Å². The highest BCUT2D eigenvalue weighted by molar-refractivity contribution is 7.99. The van der Waals surface area contributed by atoms with Crippen molar-refractivity contribution in [2.24, 2.45) is 0 Å². The molecule has 4 rings (SSSR count). The van der Waals surface area contributed by atoms with Gasteiger partial charge in [-0.05, 0) is 25.0 Å². The van der Waals surface area contributed by atoms with Gasteiger partial charge in [0.1, 0.15) is 5.69 Å². The molecule has 2 amide bonds. The number of likely N-dealkylation sites (tertiary alicyclic amines) is 1. The molecule has 0 bridgehead atoms. The number of amides is 2. The van der Waals surface area contributed by atoms with E-state index in [1.807, 2.05) is 15.2 Å². The molecule has 0 atom stereocenters. The number of aromatic nitrogens is 1. The third-order valence-electron chi connectivity index (χ3n) is 5.85. The molecule has 32 heavy (non-hydrogen) atoms. The molecule has 0 radical (unpaired) electrons. The molecule has 2 aliphatic rings. The van der Waals surface area contributed by atoms with Gasteiger partial charge in [0.25, 0.3) is 11.8 Å². The predicted octanol–water partition coefficient (Wildman–Crippen LogP) is 3.34. The molecule has 2 fully saturated rings. The number of hydrogen-bond acceptors (Lipinski definition) is 8. The number of thioether (sulfide) groups is 1. The molecule has 10 heteroatoms. The Kier molecular flexibility index (Phi) is 7.10. The van der Waals surface area contributed by atoms with Crippen LogP contribution in [0.5, 0.6) is 17.2 Å². The maximum absolute atomic E-state index is 13.2. The first-order valence-electron chi connectivity index (χ1n) is 10.5. The number of rotatable bonds is 6. The molecule has 2 aliphatic heterocycles. The SMILES string of the molecule is COc1ccc(C(=O)N2CCC(c3nc(C(=O)N4CCSC4)cs3)CC2)c(OC)c1OC. The minimum atomic E-state index is -0.0946. The van der Waals surface area contributed by atoms with Gasteiger partial charge in [-0.25, -0.2) is 4.98 Å². The maximum Gasteiger partial charge on any atom is 0.274 e. The lowest BCUT2D eigenvalue weighted by atomic mass is 9.97. The lowest BCUT2D eigenvalue weighted by Gasteiger charge is -2.31. The summed E-state index contributed by atoms with van der Waals surface area (Å²) in [5, 5.41) is 2.85. The Balaban J connectivity index is 1.42. The van der Waals surface area contributed by atoms with Crippen LogP contribution in [0.4, 0.5) is 0 Å². The van der Waals surface area contributed by atoms with Gasteiger partial charge in [0.2, 0.25) is 5.75 Å². The number of benzene rings is 1. The average Bonchev–Trinajstić information content (AvgIpc) is 3.55. The van der Waals surface area contributed by atoms with E-state index in [-0.39, 0.29) is 17.7 Å². The quantitative estimate of drug-likeness (QED) is 0.631. The Morgan fingerprint density at radius 2 is 1.72 bits per heavy atom. The number of methoxy groups -OCH3 is 3. The van der Waals surface area contributed by atoms with Crippen molar-refractivity contribution in [3.8, 4) is 17.2 Å². The first kappa shape index (κ1) is 22.7. The Bertz CT molecular complexity index is 982. The van der Waals surface area contributed by atoms with E-state index in [9.17, 15) is 9.59 Å². The van der Waals surface area contributed by atoms with Crippen LogP contribution < -0.4 is 14.2 Å². The summed E-state index contributed by atoms with van der Waals surface area (Å²) in [4.78, 5) is 34.1. The molecule has 0 aliphatic carbocycles. The monoisotopic (exact) mass is 477 g/mol. The van der Waals surface area contributed by atoms with Gasteiger partial charge < -0.3 is 24.0 Å². The van der Waals surface area contributed by atoms with Crippen molar-refractivity contribution in [2.45, 2.75) is 18.8 Å². The molecular weight excluding hydrogens is 450 g/mol. The van der Waals surface area contributed by atoms with Crippen LogP contribution in [0.3, 0.4) is 0 Å². The summed E-state index contributed by atoms with van der Waals surface area (Å²) >= 11 is 3.31. The van der Waals surface area contributed by atoms with Crippen molar-refractivity contribution < 1.29 is 23.8 Å². The first-order chi connectivity index (χ1) is 15.6. The molecule has 0 saturated carbocycles. The van der Waals surface area contributed by atoms with Gasteiger partial charge in [0.15, 0.2) is 11.5 Å². The number of carbonyl (C=O) groups is 2. The maximum atomic E-state index is 13.2. The van der Waals surface area contributed by atoms with Crippen molar-refractivity contribution in [1.82, 2.24) is 14.8 Å². The topological polar surface area (TPSA) is 81.2 Å². The summed E-state index contributed by atoms with van der Waals surface area (Å²) in [5.41, 5.74) is 0.996. The zero-order chi connectivity index (χ0) is 22.7. The zero-order valence-electron chi connectivity index (χ0n) is 18.5. The smallest absolute Gasteiger partial charge is 0.274 e. The summed E-state index contributed by atoms with van der Waals surface area (Å²) in [6.45, 7) is 2.02. The molecule has 0 spiro atoms. The zero-order valence-corrected chi connectivity index (χ0v) is 20.1. The predicted molar refractivity (Wildman–Crippen MR) is 124 cm³/mol. The molecule has 8 nitrogen and oxygen atoms in total. The first-order valence-corrected chi connectivity index (χ1v) is 12.5. The number of piperidine rings is 1. The van der Waals surface area contributed by atoms with Crippen LogP contribution in [0.1, 0.15) is 44.6 Å². The van der Waals surface area contributed by atoms with E-state index < -0.39 is 0 Å². The minimum Gasteiger partial charge on any atom is -0.493 e. The second-order valence-electron chi connectivity index (χ2n) is 7.63. The summed E-state index contributed by atoms with van der Waals surface area (Å²) in [6, 6.07) is 3.43. The fraction of sp³-hybridized carbons (Fsp3) is 0.500. The van der Waals surface area contributed by atoms with Crippen molar-refractivity contribution in [3.05, 3.63) is 33.8 Å². The van der Waals surface area contributed by atoms with E-state index in [2.05, 4.69) is 4.98 Å². The van der Waals surface area contributed by atoms with Gasteiger partial charge in [0, 0.05) is 36.7 Å². The Labute approximate surface area is 195 Å². The third-order valence-corrected chi connectivity index (χ3v) is 7.82. The van der Waals surface area contributed by atoms with Crippen LogP contribution in [-0.4, -0.2) is 79.2 Å². The average molecular weight is 478 g/mol. The van der Waals surface area contributed by atoms with Crippen LogP contribution in [0.15, 0.2) is 17.5 Å². The fourth-order valence-electron chi connectivity index (χ4n) is 4.08. The van der Waals surface area contributed by atoms with E-state index in [1.54, 1.807) is 42.3 Å². The Morgan fingerprint density at radius 1 is 0.969 bits per heavy atom. The molecular formula is C22H27N3O5S2. The van der Waals surface area contributed by atoms with Gasteiger partial charge >= 0.3 is 0 Å². The molecule has 2 aromatic rings. The van der Waals surface area contributed by atoms with E-state index in [4.69, 9.17) is 14.2 Å². The minimum absolute atomic E-state index is 0.0191. The second-order valence-corrected chi connectivity index (χ2v) is 9.59. The van der Waals surface area contributed by atoms with Crippen LogP contribution >= 0.6 is 23.1 Å². The van der Waals surface area contributed by atoms with Gasteiger partial charge in [-0.1, -0.05) is 0 Å². The van der Waals surface area contributed by atoms with Crippen LogP contribution in [0.25, 0.3) is 0 Å². The Morgan fingerprint density at radius 3 is 2.34 bits per heavy atom. The number of hydrogen-bond donors (Lipinski definition) is 0. The number of nitrogens with zero attached hydrogens (tertiary/aromatic N) is 3. The van der Waals surface area contributed by atoms with Crippen LogP contribution in [-0.2, 0) is 0 Å². The number of carbonyl (C=O) groups excluding carboxylic acids is 2. The second kappa shape index (κ2) is 9.99. The standard InChI is InChI=1S/C22H27N3O5S2/c1-28-17-5-4-15(18(29-2)19(17)30-3)21(26)24-8-6-14(7-9-24)20-23-16(12-32-20)22(27)25-10-11-31-13-25/h4-5,12,14H,6-11,13H2,1-3H3. The summed E-state index contributed by atoms with van der Waals surface area (Å²) in [7, 11) is 4.59. The highest BCUT2D eigenvalue weighted by atomic mass is 32.2. The van der Waals surface area contributed by atoms with Crippen LogP contribution in [0, 0.1) is 0 Å². The van der Waals surface area contributed by atoms with Gasteiger partial charge in [-0.2, -0.15) is 0 Å². The largest absolute Gasteiger partial charge is 0.493 e. The molecule has 2 saturated heterocycles. The van der Waals surface area contributed by atoms with Gasteiger partial charge in [-0.15, -0.1) is 23.1 Å². The van der Waals surface area contributed by atoms with Crippen molar-refractivity contribution >= 4 is 34.9 Å². The summed E-state index contributed by atoms with van der Waals surface area (Å²) in [6.07, 6.45) is 1.62. The number of thiazole rings is 1. The molecule has 172 valence electrons. The Hall–Kier alpha value is -2.46. The highest BCUT2D eigenvalue weighted by Crippen LogP contribution is 2.41. The van der Waals surface area contributed by atoms with Crippen molar-refractivity contribution in [3.63, 3.8) is 0 Å². The number of ether oxygens (including phenoxy) is 3. The van der Waals surface area contributed by atoms with E-state index in [0.717, 1.165) is 36.0 Å². The summed E-state index contributed by atoms with van der Waals surface area (Å²) in [5.74, 6) is 3.21. The molecule has 0 unspecified atom stereocenters. The molecule has 0 N–H and O–H groups in total. The normalized spacial score (nSPS) is 16.8. The summed E-state index contributed by atoms with van der Waals surface area (Å²) < 4.78 is 16.2. The van der Waals surface area contributed by atoms with Crippen LogP contribution in [0.2, 0.25) is 0 Å². The van der Waals surface area contributed by atoms with Gasteiger partial charge in [-0.3, -0.25) is 9.59 Å². The molecule has 3 heterocycles. The molecule has 1 aromatic carbocycles. The van der Waals surface area contributed by atoms with E-state index in [0.29, 0.717) is 41.6 Å². The third kappa shape index (κ3) is 4.38. The van der Waals surface area contributed by atoms with Gasteiger partial charge in [0.05, 0.1) is 37.8 Å². The lowest BCUT2D eigenvalue weighted by molar-refractivity contribution is 0.0708.